The van der Waals surface area contributed by atoms with Gasteiger partial charge in [-0.15, -0.1) is 11.6 Å². The van der Waals surface area contributed by atoms with Gasteiger partial charge in [0.2, 0.25) is 0 Å². The molecule has 2 unspecified atom stereocenters. The van der Waals surface area contributed by atoms with Crippen LogP contribution in [0.2, 0.25) is 0 Å². The minimum atomic E-state index is 0.134. The molecular formula is C12H27ClN2O2. The predicted octanol–water partition coefficient (Wildman–Crippen LogP) is 0.958. The van der Waals surface area contributed by atoms with E-state index >= 15 is 0 Å². The van der Waals surface area contributed by atoms with Gasteiger partial charge in [-0.05, 0) is 19.9 Å². The Labute approximate surface area is 110 Å². The van der Waals surface area contributed by atoms with Gasteiger partial charge in [0.1, 0.15) is 0 Å². The molecule has 104 valence electrons. The number of halogens is 1. The number of alkyl halides is 1. The first-order valence-electron chi connectivity index (χ1n) is 6.36. The summed E-state index contributed by atoms with van der Waals surface area (Å²) < 4.78 is 0. The van der Waals surface area contributed by atoms with Crippen molar-refractivity contribution in [3.8, 4) is 0 Å². The molecule has 0 saturated heterocycles. The van der Waals surface area contributed by atoms with Gasteiger partial charge in [0.25, 0.3) is 0 Å². The number of hydrogen-bond acceptors (Lipinski definition) is 4. The van der Waals surface area contributed by atoms with Crippen molar-refractivity contribution in [3.05, 3.63) is 0 Å². The van der Waals surface area contributed by atoms with Gasteiger partial charge in [-0.1, -0.05) is 13.8 Å². The van der Waals surface area contributed by atoms with Crippen molar-refractivity contribution in [2.75, 3.05) is 39.4 Å². The van der Waals surface area contributed by atoms with Crippen molar-refractivity contribution in [3.63, 3.8) is 0 Å². The van der Waals surface area contributed by atoms with Gasteiger partial charge < -0.3 is 10.2 Å². The molecule has 0 bridgehead atoms. The highest BCUT2D eigenvalue weighted by Gasteiger charge is 2.17. The van der Waals surface area contributed by atoms with Crippen LogP contribution in [0.25, 0.3) is 0 Å². The van der Waals surface area contributed by atoms with E-state index in [-0.39, 0.29) is 25.3 Å². The van der Waals surface area contributed by atoms with E-state index in [2.05, 4.69) is 16.7 Å². The molecule has 0 spiro atoms. The molecule has 5 heteroatoms. The summed E-state index contributed by atoms with van der Waals surface area (Å²) >= 11 is 5.90. The Hall–Kier alpha value is 0.130. The molecule has 0 aromatic carbocycles. The Kier molecular flexibility index (Phi) is 10.2. The molecule has 0 heterocycles. The van der Waals surface area contributed by atoms with Crippen molar-refractivity contribution < 1.29 is 10.2 Å². The van der Waals surface area contributed by atoms with Crippen LogP contribution in [0.5, 0.6) is 0 Å². The van der Waals surface area contributed by atoms with Crippen LogP contribution < -0.4 is 0 Å². The number of hydrogen-bond donors (Lipinski definition) is 2. The first kappa shape index (κ1) is 17.1. The molecule has 0 rings (SSSR count). The van der Waals surface area contributed by atoms with Crippen LogP contribution in [-0.4, -0.2) is 71.5 Å². The van der Waals surface area contributed by atoms with E-state index < -0.39 is 0 Å². The molecule has 0 aromatic rings. The van der Waals surface area contributed by atoms with Crippen molar-refractivity contribution in [2.24, 2.45) is 0 Å². The van der Waals surface area contributed by atoms with E-state index in [1.54, 1.807) is 0 Å². The molecule has 17 heavy (non-hydrogen) atoms. The molecule has 0 fully saturated rings. The molecule has 4 nitrogen and oxygen atoms in total. The number of nitrogens with zero attached hydrogens (tertiary/aromatic N) is 2. The highest BCUT2D eigenvalue weighted by Crippen LogP contribution is 2.07. The van der Waals surface area contributed by atoms with Gasteiger partial charge in [0, 0.05) is 25.2 Å². The molecule has 0 amide bonds. The van der Waals surface area contributed by atoms with Crippen molar-refractivity contribution in [1.29, 1.82) is 0 Å². The van der Waals surface area contributed by atoms with Crippen LogP contribution >= 0.6 is 11.6 Å². The zero-order chi connectivity index (χ0) is 13.3. The lowest BCUT2D eigenvalue weighted by Crippen LogP contribution is -2.44. The topological polar surface area (TPSA) is 46.9 Å². The van der Waals surface area contributed by atoms with Crippen LogP contribution in [0.15, 0.2) is 0 Å². The normalized spacial score (nSPS) is 15.5. The minimum absolute atomic E-state index is 0.134. The van der Waals surface area contributed by atoms with E-state index in [9.17, 15) is 10.2 Å². The average molecular weight is 267 g/mol. The lowest BCUT2D eigenvalue weighted by atomic mass is 10.2. The molecule has 0 saturated carbocycles. The van der Waals surface area contributed by atoms with E-state index in [0.29, 0.717) is 6.00 Å². The Morgan fingerprint density at radius 3 is 1.88 bits per heavy atom. The molecule has 0 aliphatic heterocycles. The van der Waals surface area contributed by atoms with E-state index in [1.165, 1.54) is 0 Å². The first-order chi connectivity index (χ1) is 8.14. The molecule has 0 radical (unpaired) electrons. The maximum atomic E-state index is 9.24. The summed E-state index contributed by atoms with van der Waals surface area (Å²) in [7, 11) is 2.01. The standard InChI is InChI=1S/C12H27ClN2O2/c1-4-11(8-16)14(3)6-7-15(10-13)12(5-2)9-17/h11-12,16-17H,4-10H2,1-3H3. The Morgan fingerprint density at radius 1 is 1.00 bits per heavy atom. The predicted molar refractivity (Wildman–Crippen MR) is 72.4 cm³/mol. The van der Waals surface area contributed by atoms with E-state index in [1.807, 2.05) is 14.0 Å². The number of likely N-dealkylation sites (N-methyl/N-ethyl adjacent to an activating group) is 1. The summed E-state index contributed by atoms with van der Waals surface area (Å²) in [4.78, 5) is 4.21. The van der Waals surface area contributed by atoms with Gasteiger partial charge in [-0.25, -0.2) is 0 Å². The van der Waals surface area contributed by atoms with Gasteiger partial charge in [-0.2, -0.15) is 0 Å². The smallest absolute Gasteiger partial charge is 0.0742 e. The maximum Gasteiger partial charge on any atom is 0.0742 e. The second-order valence-corrected chi connectivity index (χ2v) is 4.64. The first-order valence-corrected chi connectivity index (χ1v) is 6.89. The third kappa shape index (κ3) is 6.02. The Bertz CT molecular complexity index is 176. The second-order valence-electron chi connectivity index (χ2n) is 4.40. The van der Waals surface area contributed by atoms with Crippen LogP contribution in [0.3, 0.4) is 0 Å². The van der Waals surface area contributed by atoms with Crippen molar-refractivity contribution in [1.82, 2.24) is 9.80 Å². The van der Waals surface area contributed by atoms with Gasteiger partial charge in [0.15, 0.2) is 0 Å². The largest absolute Gasteiger partial charge is 0.395 e. The quantitative estimate of drug-likeness (QED) is 0.457. The number of aliphatic hydroxyl groups is 2. The number of rotatable bonds is 10. The van der Waals surface area contributed by atoms with Crippen LogP contribution in [-0.2, 0) is 0 Å². The van der Waals surface area contributed by atoms with Crippen LogP contribution in [0.4, 0.5) is 0 Å². The minimum Gasteiger partial charge on any atom is -0.395 e. The molecule has 0 aliphatic rings. The van der Waals surface area contributed by atoms with Crippen molar-refractivity contribution in [2.45, 2.75) is 38.8 Å². The van der Waals surface area contributed by atoms with Crippen LogP contribution in [0, 0.1) is 0 Å². The third-order valence-corrected chi connectivity index (χ3v) is 3.70. The monoisotopic (exact) mass is 266 g/mol. The van der Waals surface area contributed by atoms with Gasteiger partial charge >= 0.3 is 0 Å². The van der Waals surface area contributed by atoms with Crippen LogP contribution in [0.1, 0.15) is 26.7 Å². The van der Waals surface area contributed by atoms with E-state index in [4.69, 9.17) is 11.6 Å². The third-order valence-electron chi connectivity index (χ3n) is 3.40. The van der Waals surface area contributed by atoms with E-state index in [0.717, 1.165) is 25.9 Å². The Balaban J connectivity index is 4.12. The fourth-order valence-electron chi connectivity index (χ4n) is 1.89. The molecule has 0 aliphatic carbocycles. The van der Waals surface area contributed by atoms with Gasteiger partial charge in [-0.3, -0.25) is 9.80 Å². The SMILES string of the molecule is CCC(CO)N(C)CCN(CCl)C(CC)CO. The average Bonchev–Trinajstić information content (AvgIpc) is 2.35. The summed E-state index contributed by atoms with van der Waals surface area (Å²) in [6.07, 6.45) is 1.83. The Morgan fingerprint density at radius 2 is 1.53 bits per heavy atom. The zero-order valence-corrected chi connectivity index (χ0v) is 12.0. The summed E-state index contributed by atoms with van der Waals surface area (Å²) in [5, 5.41) is 18.4. The fraction of sp³-hybridized carbons (Fsp3) is 1.00. The summed E-state index contributed by atoms with van der Waals surface area (Å²) in [5.41, 5.74) is 0. The summed E-state index contributed by atoms with van der Waals surface area (Å²) in [6, 6.07) is 0.777. The van der Waals surface area contributed by atoms with Crippen molar-refractivity contribution >= 4 is 11.6 Å². The fourth-order valence-corrected chi connectivity index (χ4v) is 2.21. The zero-order valence-electron chi connectivity index (χ0n) is 11.3. The summed E-state index contributed by atoms with van der Waals surface area (Å²) in [6.45, 7) is 6.11. The molecule has 2 atom stereocenters. The summed E-state index contributed by atoms with van der Waals surface area (Å²) in [5.74, 6) is 0. The maximum absolute atomic E-state index is 9.24. The van der Waals surface area contributed by atoms with Gasteiger partial charge in [0.05, 0.1) is 19.2 Å². The highest BCUT2D eigenvalue weighted by molar-refractivity contribution is 6.17. The number of aliphatic hydroxyl groups excluding tert-OH is 2. The molecule has 2 N–H and O–H groups in total. The highest BCUT2D eigenvalue weighted by atomic mass is 35.5. The lowest BCUT2D eigenvalue weighted by Gasteiger charge is -2.31. The molecule has 0 aromatic heterocycles. The molecular weight excluding hydrogens is 240 g/mol. The lowest BCUT2D eigenvalue weighted by molar-refractivity contribution is 0.100. The second kappa shape index (κ2) is 10.1.